The number of aliphatic hydroxyl groups is 1. The molecule has 20 heavy (non-hydrogen) atoms. The first-order valence-electron chi connectivity index (χ1n) is 8.15. The highest BCUT2D eigenvalue weighted by Gasteiger charge is 2.40. The van der Waals surface area contributed by atoms with Crippen LogP contribution >= 0.6 is 0 Å². The molecule has 1 saturated carbocycles. The van der Waals surface area contributed by atoms with Crippen LogP contribution in [-0.2, 0) is 0 Å². The van der Waals surface area contributed by atoms with Gasteiger partial charge in [0.05, 0.1) is 6.61 Å². The fourth-order valence-electron chi connectivity index (χ4n) is 3.81. The summed E-state index contributed by atoms with van der Waals surface area (Å²) in [6, 6.07) is 0.870. The SMILES string of the molecule is CC(C)(C)N[C@H]1CCCC[C@@H]1N1CCC[C@@](F)(CO)C1. The van der Waals surface area contributed by atoms with Crippen molar-refractivity contribution in [2.45, 2.75) is 82.6 Å². The maximum absolute atomic E-state index is 14.5. The topological polar surface area (TPSA) is 35.5 Å². The molecule has 0 aromatic heterocycles. The van der Waals surface area contributed by atoms with Gasteiger partial charge in [-0.1, -0.05) is 12.8 Å². The summed E-state index contributed by atoms with van der Waals surface area (Å²) < 4.78 is 14.5. The Morgan fingerprint density at radius 1 is 1.25 bits per heavy atom. The molecule has 1 heterocycles. The summed E-state index contributed by atoms with van der Waals surface area (Å²) in [5.41, 5.74) is -1.29. The van der Waals surface area contributed by atoms with E-state index < -0.39 is 5.67 Å². The second-order valence-corrected chi connectivity index (χ2v) is 7.74. The molecular weight excluding hydrogens is 255 g/mol. The van der Waals surface area contributed by atoms with Crippen LogP contribution in [0.5, 0.6) is 0 Å². The summed E-state index contributed by atoms with van der Waals surface area (Å²) in [7, 11) is 0. The summed E-state index contributed by atoms with van der Waals surface area (Å²) >= 11 is 0. The maximum Gasteiger partial charge on any atom is 0.146 e. The van der Waals surface area contributed by atoms with Crippen molar-refractivity contribution in [3.8, 4) is 0 Å². The number of nitrogens with zero attached hydrogens (tertiary/aromatic N) is 1. The van der Waals surface area contributed by atoms with Gasteiger partial charge in [-0.2, -0.15) is 0 Å². The third kappa shape index (κ3) is 4.15. The van der Waals surface area contributed by atoms with E-state index in [1.54, 1.807) is 0 Å². The molecule has 0 aromatic rings. The number of hydrogen-bond donors (Lipinski definition) is 2. The van der Waals surface area contributed by atoms with Crippen LogP contribution < -0.4 is 5.32 Å². The Kier molecular flexibility index (Phi) is 5.09. The predicted molar refractivity (Wildman–Crippen MR) is 80.7 cm³/mol. The van der Waals surface area contributed by atoms with Crippen molar-refractivity contribution in [3.05, 3.63) is 0 Å². The zero-order chi connectivity index (χ0) is 14.8. The minimum Gasteiger partial charge on any atom is -0.393 e. The molecule has 0 spiro atoms. The number of alkyl halides is 1. The second-order valence-electron chi connectivity index (χ2n) is 7.74. The van der Waals surface area contributed by atoms with Crippen molar-refractivity contribution >= 4 is 0 Å². The zero-order valence-electron chi connectivity index (χ0n) is 13.3. The highest BCUT2D eigenvalue weighted by Crippen LogP contribution is 2.31. The summed E-state index contributed by atoms with van der Waals surface area (Å²) in [6.45, 7) is 7.62. The van der Waals surface area contributed by atoms with Crippen LogP contribution in [0, 0.1) is 0 Å². The van der Waals surface area contributed by atoms with Gasteiger partial charge in [0.15, 0.2) is 0 Å². The molecule has 1 aliphatic heterocycles. The Balaban J connectivity index is 2.03. The standard InChI is InChI=1S/C16H31FN2O/c1-15(2,3)18-13-7-4-5-8-14(13)19-10-6-9-16(17,11-19)12-20/h13-14,18,20H,4-12H2,1-3H3/t13-,14-,16-/m0/s1. The van der Waals surface area contributed by atoms with E-state index in [0.717, 1.165) is 19.4 Å². The van der Waals surface area contributed by atoms with Crippen molar-refractivity contribution in [1.29, 1.82) is 0 Å². The molecule has 4 heteroatoms. The smallest absolute Gasteiger partial charge is 0.146 e. The van der Waals surface area contributed by atoms with E-state index in [4.69, 9.17) is 0 Å². The number of likely N-dealkylation sites (tertiary alicyclic amines) is 1. The molecule has 3 atom stereocenters. The molecule has 2 aliphatic rings. The normalized spacial score (nSPS) is 37.0. The lowest BCUT2D eigenvalue weighted by Crippen LogP contribution is -2.60. The average Bonchev–Trinajstić information content (AvgIpc) is 2.37. The van der Waals surface area contributed by atoms with Gasteiger partial charge in [0.25, 0.3) is 0 Å². The van der Waals surface area contributed by atoms with Crippen LogP contribution in [-0.4, -0.2) is 53.0 Å². The van der Waals surface area contributed by atoms with Gasteiger partial charge >= 0.3 is 0 Å². The van der Waals surface area contributed by atoms with Crippen molar-refractivity contribution in [2.24, 2.45) is 0 Å². The number of rotatable bonds is 3. The van der Waals surface area contributed by atoms with Crippen LogP contribution in [0.25, 0.3) is 0 Å². The van der Waals surface area contributed by atoms with Gasteiger partial charge < -0.3 is 10.4 Å². The van der Waals surface area contributed by atoms with Gasteiger partial charge in [0, 0.05) is 24.2 Å². The number of hydrogen-bond acceptors (Lipinski definition) is 3. The lowest BCUT2D eigenvalue weighted by atomic mass is 9.85. The van der Waals surface area contributed by atoms with Crippen LogP contribution in [0.15, 0.2) is 0 Å². The predicted octanol–water partition coefficient (Wildman–Crippen LogP) is 2.48. The molecule has 1 aliphatic carbocycles. The number of piperidine rings is 1. The largest absolute Gasteiger partial charge is 0.393 e. The fraction of sp³-hybridized carbons (Fsp3) is 1.00. The van der Waals surface area contributed by atoms with E-state index in [1.807, 2.05) is 0 Å². The fourth-order valence-corrected chi connectivity index (χ4v) is 3.81. The quantitative estimate of drug-likeness (QED) is 0.836. The average molecular weight is 286 g/mol. The molecule has 0 bridgehead atoms. The first-order valence-corrected chi connectivity index (χ1v) is 8.15. The number of halogens is 1. The van der Waals surface area contributed by atoms with Crippen molar-refractivity contribution < 1.29 is 9.50 Å². The lowest BCUT2D eigenvalue weighted by Gasteiger charge is -2.47. The molecular formula is C16H31FN2O. The third-order valence-corrected chi connectivity index (χ3v) is 4.66. The summed E-state index contributed by atoms with van der Waals surface area (Å²) in [6.07, 6.45) is 6.19. The van der Waals surface area contributed by atoms with E-state index in [2.05, 4.69) is 31.0 Å². The van der Waals surface area contributed by atoms with Crippen LogP contribution in [0.1, 0.15) is 59.3 Å². The zero-order valence-corrected chi connectivity index (χ0v) is 13.3. The van der Waals surface area contributed by atoms with Gasteiger partial charge in [-0.15, -0.1) is 0 Å². The highest BCUT2D eigenvalue weighted by atomic mass is 19.1. The van der Waals surface area contributed by atoms with Crippen molar-refractivity contribution in [3.63, 3.8) is 0 Å². The Hall–Kier alpha value is -0.190. The summed E-state index contributed by atoms with van der Waals surface area (Å²) in [5.74, 6) is 0. The van der Waals surface area contributed by atoms with Gasteiger partial charge in [-0.25, -0.2) is 4.39 Å². The molecule has 1 saturated heterocycles. The second kappa shape index (κ2) is 6.29. The van der Waals surface area contributed by atoms with E-state index in [9.17, 15) is 9.50 Å². The van der Waals surface area contributed by atoms with Crippen LogP contribution in [0.3, 0.4) is 0 Å². The van der Waals surface area contributed by atoms with Crippen molar-refractivity contribution in [2.75, 3.05) is 19.7 Å². The van der Waals surface area contributed by atoms with E-state index in [0.29, 0.717) is 25.0 Å². The number of nitrogens with one attached hydrogen (secondary N) is 1. The molecule has 2 rings (SSSR count). The highest BCUT2D eigenvalue weighted by molar-refractivity contribution is 4.96. The Morgan fingerprint density at radius 3 is 2.60 bits per heavy atom. The molecule has 0 amide bonds. The molecule has 2 fully saturated rings. The minimum absolute atomic E-state index is 0.0970. The Morgan fingerprint density at radius 2 is 1.95 bits per heavy atom. The first kappa shape index (κ1) is 16.2. The van der Waals surface area contributed by atoms with Gasteiger partial charge in [0.2, 0.25) is 0 Å². The third-order valence-electron chi connectivity index (χ3n) is 4.66. The maximum atomic E-state index is 14.5. The molecule has 0 unspecified atom stereocenters. The van der Waals surface area contributed by atoms with Crippen LogP contribution in [0.2, 0.25) is 0 Å². The number of aliphatic hydroxyl groups excluding tert-OH is 1. The monoisotopic (exact) mass is 286 g/mol. The first-order chi connectivity index (χ1) is 9.33. The summed E-state index contributed by atoms with van der Waals surface area (Å²) in [4.78, 5) is 2.29. The van der Waals surface area contributed by atoms with Gasteiger partial charge in [-0.3, -0.25) is 4.90 Å². The van der Waals surface area contributed by atoms with E-state index in [1.165, 1.54) is 19.3 Å². The van der Waals surface area contributed by atoms with Crippen LogP contribution in [0.4, 0.5) is 4.39 Å². The van der Waals surface area contributed by atoms with E-state index in [-0.39, 0.29) is 12.1 Å². The Labute approximate surface area is 122 Å². The Bertz CT molecular complexity index is 318. The van der Waals surface area contributed by atoms with Gasteiger partial charge in [-0.05, 0) is 53.0 Å². The van der Waals surface area contributed by atoms with E-state index >= 15 is 0 Å². The minimum atomic E-state index is -1.39. The molecule has 2 N–H and O–H groups in total. The molecule has 3 nitrogen and oxygen atoms in total. The molecule has 118 valence electrons. The molecule has 0 aromatic carbocycles. The summed E-state index contributed by atoms with van der Waals surface area (Å²) in [5, 5.41) is 13.0. The van der Waals surface area contributed by atoms with Gasteiger partial charge in [0.1, 0.15) is 5.67 Å². The lowest BCUT2D eigenvalue weighted by molar-refractivity contribution is -0.0293. The molecule has 0 radical (unpaired) electrons. The van der Waals surface area contributed by atoms with Crippen molar-refractivity contribution in [1.82, 2.24) is 10.2 Å².